The fourth-order valence-electron chi connectivity index (χ4n) is 2.08. The maximum Gasteiger partial charge on any atom is 0.326 e. The lowest BCUT2D eigenvalue weighted by Gasteiger charge is -2.26. The van der Waals surface area contributed by atoms with Gasteiger partial charge in [-0.2, -0.15) is 0 Å². The van der Waals surface area contributed by atoms with Crippen LogP contribution in [0.15, 0.2) is 0 Å². The topological polar surface area (TPSA) is 119 Å². The second-order valence-corrected chi connectivity index (χ2v) is 6.31. The van der Waals surface area contributed by atoms with E-state index in [0.29, 0.717) is 0 Å². The number of amides is 3. The Bertz CT molecular complexity index is 432. The Hall–Kier alpha value is -1.83. The minimum atomic E-state index is -1.17. The monoisotopic (exact) mass is 301 g/mol. The second-order valence-electron chi connectivity index (χ2n) is 6.31. The zero-order chi connectivity index (χ0) is 16.4. The first-order valence-corrected chi connectivity index (χ1v) is 6.81. The van der Waals surface area contributed by atoms with Crippen molar-refractivity contribution in [1.29, 1.82) is 0 Å². The van der Waals surface area contributed by atoms with Gasteiger partial charge >= 0.3 is 12.0 Å². The van der Waals surface area contributed by atoms with Crippen LogP contribution in [-0.4, -0.2) is 63.3 Å². The van der Waals surface area contributed by atoms with Gasteiger partial charge in [-0.15, -0.1) is 0 Å². The van der Waals surface area contributed by atoms with Gasteiger partial charge in [0.25, 0.3) is 0 Å². The Kier molecular flexibility index (Phi) is 5.16. The van der Waals surface area contributed by atoms with E-state index >= 15 is 0 Å². The summed E-state index contributed by atoms with van der Waals surface area (Å²) in [6.07, 6.45) is -0.874. The average molecular weight is 301 g/mol. The molecule has 120 valence electrons. The molecule has 1 saturated heterocycles. The van der Waals surface area contributed by atoms with Crippen LogP contribution in [0.25, 0.3) is 0 Å². The third-order valence-electron chi connectivity index (χ3n) is 3.06. The van der Waals surface area contributed by atoms with Crippen molar-refractivity contribution in [3.05, 3.63) is 0 Å². The first-order valence-electron chi connectivity index (χ1n) is 6.81. The molecule has 1 rings (SSSR count). The molecule has 1 aliphatic heterocycles. The molecular weight excluding hydrogens is 278 g/mol. The molecule has 1 aliphatic rings. The zero-order valence-electron chi connectivity index (χ0n) is 12.7. The van der Waals surface area contributed by atoms with Crippen molar-refractivity contribution in [1.82, 2.24) is 15.5 Å². The van der Waals surface area contributed by atoms with Crippen molar-refractivity contribution in [3.8, 4) is 0 Å². The molecule has 1 heterocycles. The number of β-amino-alcohol motifs (C(OH)–C–C–N with tert-alkyl or cyclic N) is 1. The molecular formula is C13H23N3O5. The Morgan fingerprint density at radius 1 is 1.29 bits per heavy atom. The quantitative estimate of drug-likeness (QED) is 0.561. The van der Waals surface area contributed by atoms with Crippen LogP contribution in [0, 0.1) is 0 Å². The smallest absolute Gasteiger partial charge is 0.326 e. The predicted molar refractivity (Wildman–Crippen MR) is 74.6 cm³/mol. The average Bonchev–Trinajstić information content (AvgIpc) is 2.69. The summed E-state index contributed by atoms with van der Waals surface area (Å²) in [4.78, 5) is 36.0. The minimum Gasteiger partial charge on any atom is -0.480 e. The first kappa shape index (κ1) is 17.2. The number of aliphatic hydroxyl groups excluding tert-OH is 1. The van der Waals surface area contributed by atoms with Gasteiger partial charge in [-0.05, 0) is 27.7 Å². The number of aliphatic hydroxyl groups is 1. The van der Waals surface area contributed by atoms with Gasteiger partial charge in [-0.3, -0.25) is 4.79 Å². The normalized spacial score (nSPS) is 23.6. The molecule has 4 N–H and O–H groups in total. The van der Waals surface area contributed by atoms with E-state index < -0.39 is 35.7 Å². The van der Waals surface area contributed by atoms with Gasteiger partial charge in [-0.25, -0.2) is 9.59 Å². The number of likely N-dealkylation sites (tertiary alicyclic amines) is 1. The molecule has 3 amide bonds. The molecule has 3 atom stereocenters. The van der Waals surface area contributed by atoms with Gasteiger partial charge in [0.2, 0.25) is 5.91 Å². The van der Waals surface area contributed by atoms with E-state index in [4.69, 9.17) is 5.11 Å². The Labute approximate surface area is 123 Å². The van der Waals surface area contributed by atoms with E-state index in [9.17, 15) is 19.5 Å². The largest absolute Gasteiger partial charge is 0.480 e. The van der Waals surface area contributed by atoms with Crippen LogP contribution in [0.4, 0.5) is 4.79 Å². The van der Waals surface area contributed by atoms with Gasteiger partial charge in [0.1, 0.15) is 12.1 Å². The van der Waals surface area contributed by atoms with E-state index in [1.54, 1.807) is 0 Å². The Morgan fingerprint density at radius 3 is 2.33 bits per heavy atom. The zero-order valence-corrected chi connectivity index (χ0v) is 12.7. The van der Waals surface area contributed by atoms with Crippen LogP contribution in [0.2, 0.25) is 0 Å². The molecule has 0 bridgehead atoms. The molecule has 21 heavy (non-hydrogen) atoms. The van der Waals surface area contributed by atoms with Gasteiger partial charge in [0.15, 0.2) is 0 Å². The lowest BCUT2D eigenvalue weighted by molar-refractivity contribution is -0.141. The first-order chi connectivity index (χ1) is 9.51. The van der Waals surface area contributed by atoms with Crippen LogP contribution in [-0.2, 0) is 9.59 Å². The maximum atomic E-state index is 12.0. The lowest BCUT2D eigenvalue weighted by atomic mass is 10.1. The Balaban J connectivity index is 2.63. The molecule has 1 fully saturated rings. The van der Waals surface area contributed by atoms with Crippen molar-refractivity contribution in [2.45, 2.75) is 57.8 Å². The molecule has 8 heteroatoms. The van der Waals surface area contributed by atoms with E-state index in [0.717, 1.165) is 4.90 Å². The molecule has 0 radical (unpaired) electrons. The van der Waals surface area contributed by atoms with E-state index in [1.807, 2.05) is 20.8 Å². The van der Waals surface area contributed by atoms with Crippen molar-refractivity contribution < 1.29 is 24.6 Å². The fraction of sp³-hybridized carbons (Fsp3) is 0.769. The molecule has 0 saturated carbocycles. The van der Waals surface area contributed by atoms with Crippen molar-refractivity contribution in [2.75, 3.05) is 6.54 Å². The van der Waals surface area contributed by atoms with Crippen LogP contribution < -0.4 is 10.6 Å². The summed E-state index contributed by atoms with van der Waals surface area (Å²) in [6, 6.07) is -2.54. The van der Waals surface area contributed by atoms with Crippen molar-refractivity contribution in [3.63, 3.8) is 0 Å². The molecule has 0 aliphatic carbocycles. The summed E-state index contributed by atoms with van der Waals surface area (Å²) >= 11 is 0. The van der Waals surface area contributed by atoms with Crippen LogP contribution in [0.1, 0.15) is 34.1 Å². The number of carbonyl (C=O) groups is 3. The number of rotatable bonds is 3. The summed E-state index contributed by atoms with van der Waals surface area (Å²) in [5.74, 6) is -1.53. The number of carboxylic acid groups (broad SMARTS) is 1. The van der Waals surface area contributed by atoms with Crippen molar-refractivity contribution in [2.24, 2.45) is 0 Å². The van der Waals surface area contributed by atoms with Gasteiger partial charge in [0, 0.05) is 18.5 Å². The number of nitrogens with one attached hydrogen (secondary N) is 2. The number of aliphatic carboxylic acids is 1. The highest BCUT2D eigenvalue weighted by atomic mass is 16.4. The van der Waals surface area contributed by atoms with Crippen LogP contribution in [0.3, 0.4) is 0 Å². The minimum absolute atomic E-state index is 0.00861. The summed E-state index contributed by atoms with van der Waals surface area (Å²) < 4.78 is 0. The van der Waals surface area contributed by atoms with Gasteiger partial charge < -0.3 is 25.7 Å². The molecule has 0 aromatic carbocycles. The summed E-state index contributed by atoms with van der Waals surface area (Å²) in [7, 11) is 0. The lowest BCUT2D eigenvalue weighted by Crippen LogP contribution is -2.54. The van der Waals surface area contributed by atoms with Crippen LogP contribution in [0.5, 0.6) is 0 Å². The highest BCUT2D eigenvalue weighted by Gasteiger charge is 2.39. The highest BCUT2D eigenvalue weighted by molar-refractivity contribution is 5.89. The SMILES string of the molecule is CC(NC(=O)N1CC(O)CC1C(=O)O)C(=O)NC(C)(C)C. The molecule has 3 unspecified atom stereocenters. The van der Waals surface area contributed by atoms with Crippen molar-refractivity contribution >= 4 is 17.9 Å². The molecule has 0 spiro atoms. The summed E-state index contributed by atoms with van der Waals surface area (Å²) in [5.41, 5.74) is -0.427. The predicted octanol–water partition coefficient (Wildman–Crippen LogP) is -0.481. The fourth-order valence-corrected chi connectivity index (χ4v) is 2.08. The molecule has 0 aromatic heterocycles. The third kappa shape index (κ3) is 4.89. The van der Waals surface area contributed by atoms with E-state index in [-0.39, 0.29) is 18.9 Å². The number of urea groups is 1. The standard InChI is InChI=1S/C13H23N3O5/c1-7(10(18)15-13(2,3)4)14-12(21)16-6-8(17)5-9(16)11(19)20/h7-9,17H,5-6H2,1-4H3,(H,14,21)(H,15,18)(H,19,20). The number of hydrogen-bond acceptors (Lipinski definition) is 4. The number of carboxylic acids is 1. The number of hydrogen-bond donors (Lipinski definition) is 4. The maximum absolute atomic E-state index is 12.0. The van der Waals surface area contributed by atoms with Gasteiger partial charge in [0.05, 0.1) is 6.10 Å². The number of carbonyl (C=O) groups excluding carboxylic acids is 2. The molecule has 8 nitrogen and oxygen atoms in total. The summed E-state index contributed by atoms with van der Waals surface area (Å²) in [5, 5.41) is 23.7. The highest BCUT2D eigenvalue weighted by Crippen LogP contribution is 2.18. The third-order valence-corrected chi connectivity index (χ3v) is 3.06. The Morgan fingerprint density at radius 2 is 1.86 bits per heavy atom. The molecule has 0 aromatic rings. The summed E-state index contributed by atoms with van der Waals surface area (Å²) in [6.45, 7) is 6.90. The van der Waals surface area contributed by atoms with E-state index in [1.165, 1.54) is 6.92 Å². The van der Waals surface area contributed by atoms with E-state index in [2.05, 4.69) is 10.6 Å². The number of nitrogens with zero attached hydrogens (tertiary/aromatic N) is 1. The van der Waals surface area contributed by atoms with Gasteiger partial charge in [-0.1, -0.05) is 0 Å². The van der Waals surface area contributed by atoms with Crippen LogP contribution >= 0.6 is 0 Å². The second kappa shape index (κ2) is 6.30.